The number of allylic oxidation sites excluding steroid dienone is 2. The van der Waals surface area contributed by atoms with Crippen molar-refractivity contribution in [2.75, 3.05) is 18.0 Å². The molecule has 0 saturated carbocycles. The molecule has 0 N–H and O–H groups in total. The molecule has 226 valence electrons. The number of benzene rings is 2. The van der Waals surface area contributed by atoms with Gasteiger partial charge in [-0.3, -0.25) is 4.79 Å². The van der Waals surface area contributed by atoms with Crippen LogP contribution in [0.5, 0.6) is 0 Å². The van der Waals surface area contributed by atoms with E-state index in [0.717, 1.165) is 60.7 Å². The van der Waals surface area contributed by atoms with Crippen LogP contribution < -0.4 is 4.90 Å². The van der Waals surface area contributed by atoms with E-state index in [1.165, 1.54) is 16.0 Å². The summed E-state index contributed by atoms with van der Waals surface area (Å²) in [5.74, 6) is 0.389. The van der Waals surface area contributed by atoms with Gasteiger partial charge in [0.25, 0.3) is 5.91 Å². The van der Waals surface area contributed by atoms with Crippen LogP contribution in [0, 0.1) is 16.7 Å². The molecule has 2 aromatic carbocycles. The molecule has 0 unspecified atom stereocenters. The normalized spacial score (nSPS) is 14.2. The Bertz CT molecular complexity index is 1710. The first-order valence-corrected chi connectivity index (χ1v) is 16.2. The van der Waals surface area contributed by atoms with Gasteiger partial charge in [-0.2, -0.15) is 9.94 Å². The summed E-state index contributed by atoms with van der Waals surface area (Å²) in [5.41, 5.74) is 3.24. The van der Waals surface area contributed by atoms with E-state index in [1.54, 1.807) is 0 Å². The van der Waals surface area contributed by atoms with Crippen molar-refractivity contribution in [2.45, 2.75) is 66.7 Å². The molecule has 0 spiro atoms. The van der Waals surface area contributed by atoms with Crippen molar-refractivity contribution >= 4 is 38.7 Å². The van der Waals surface area contributed by atoms with Gasteiger partial charge in [0.15, 0.2) is 16.8 Å². The Morgan fingerprint density at radius 1 is 0.932 bits per heavy atom. The number of carbonyl (C=O) groups excluding carboxylic acids is 1. The van der Waals surface area contributed by atoms with Crippen molar-refractivity contribution in [1.29, 1.82) is 5.26 Å². The molecule has 8 nitrogen and oxygen atoms in total. The summed E-state index contributed by atoms with van der Waals surface area (Å²) in [7, 11) is 0. The average Bonchev–Trinajstić information content (AvgIpc) is 3.63. The summed E-state index contributed by atoms with van der Waals surface area (Å²) in [6, 6.07) is 21.7. The highest BCUT2D eigenvalue weighted by molar-refractivity contribution is 7.19. The van der Waals surface area contributed by atoms with E-state index >= 15 is 0 Å². The molecule has 0 bridgehead atoms. The van der Waals surface area contributed by atoms with Gasteiger partial charge < -0.3 is 4.90 Å². The van der Waals surface area contributed by atoms with Gasteiger partial charge in [-0.1, -0.05) is 119 Å². The number of aliphatic imine (C=N–C) groups is 1. The Morgan fingerprint density at radius 2 is 1.55 bits per heavy atom. The predicted molar refractivity (Wildman–Crippen MR) is 179 cm³/mol. The lowest BCUT2D eigenvalue weighted by Gasteiger charge is -2.21. The zero-order valence-electron chi connectivity index (χ0n) is 26.2. The number of nitriles is 1. The van der Waals surface area contributed by atoms with Crippen LogP contribution >= 0.6 is 11.3 Å². The molecule has 1 aliphatic heterocycles. The maximum Gasteiger partial charge on any atom is 0.291 e. The third-order valence-corrected chi connectivity index (χ3v) is 8.32. The summed E-state index contributed by atoms with van der Waals surface area (Å²) in [4.78, 5) is 31.3. The van der Waals surface area contributed by atoms with Crippen LogP contribution in [0.1, 0.15) is 82.3 Å². The van der Waals surface area contributed by atoms with Gasteiger partial charge in [0.1, 0.15) is 28.0 Å². The number of carbonyl (C=O) groups is 1. The number of fused-ring (bicyclic) bond motifs is 1. The molecule has 0 aliphatic carbocycles. The second-order valence-electron chi connectivity index (χ2n) is 12.2. The fourth-order valence-electron chi connectivity index (χ4n) is 5.14. The molecule has 4 aromatic rings. The van der Waals surface area contributed by atoms with Gasteiger partial charge in [-0.05, 0) is 23.8 Å². The van der Waals surface area contributed by atoms with E-state index in [9.17, 15) is 10.1 Å². The Hall–Kier alpha value is -4.42. The SMILES string of the molecule is CCCCN(CCCC)c1nc(-c2ccccc2)c(/N=C2/C(c3ccccc3)=C(C#N)C(=O)n3nc(CC(C)(C)C)nc32)s1. The van der Waals surface area contributed by atoms with Crippen LogP contribution in [-0.4, -0.2) is 44.5 Å². The van der Waals surface area contributed by atoms with Gasteiger partial charge in [0.05, 0.1) is 0 Å². The molecule has 1 aliphatic rings. The molecule has 0 atom stereocenters. The number of aromatic nitrogens is 4. The van der Waals surface area contributed by atoms with Crippen molar-refractivity contribution < 1.29 is 4.79 Å². The van der Waals surface area contributed by atoms with Gasteiger partial charge in [-0.15, -0.1) is 5.10 Å². The van der Waals surface area contributed by atoms with E-state index in [-0.39, 0.29) is 11.0 Å². The van der Waals surface area contributed by atoms with Gasteiger partial charge in [-0.25, -0.2) is 15.0 Å². The van der Waals surface area contributed by atoms with E-state index in [4.69, 9.17) is 15.0 Å². The number of unbranched alkanes of at least 4 members (excludes halogenated alkanes) is 2. The molecule has 44 heavy (non-hydrogen) atoms. The summed E-state index contributed by atoms with van der Waals surface area (Å²) in [5, 5.41) is 16.5. The smallest absolute Gasteiger partial charge is 0.291 e. The lowest BCUT2D eigenvalue weighted by atomic mass is 9.92. The van der Waals surface area contributed by atoms with Crippen LogP contribution in [0.4, 0.5) is 10.1 Å². The third kappa shape index (κ3) is 6.71. The molecule has 0 saturated heterocycles. The van der Waals surface area contributed by atoms with E-state index in [2.05, 4.69) is 50.7 Å². The van der Waals surface area contributed by atoms with Crippen LogP contribution in [0.2, 0.25) is 0 Å². The predicted octanol–water partition coefficient (Wildman–Crippen LogP) is 8.15. The highest BCUT2D eigenvalue weighted by Gasteiger charge is 2.36. The van der Waals surface area contributed by atoms with E-state index in [0.29, 0.717) is 34.4 Å². The quantitative estimate of drug-likeness (QED) is 0.171. The van der Waals surface area contributed by atoms with E-state index in [1.807, 2.05) is 60.7 Å². The molecule has 0 amide bonds. The molecule has 0 fully saturated rings. The average molecular weight is 606 g/mol. The van der Waals surface area contributed by atoms with Gasteiger partial charge in [0.2, 0.25) is 0 Å². The first-order valence-electron chi connectivity index (χ1n) is 15.3. The molecule has 9 heteroatoms. The van der Waals surface area contributed by atoms with Crippen molar-refractivity contribution in [2.24, 2.45) is 10.4 Å². The van der Waals surface area contributed by atoms with Crippen LogP contribution in [0.15, 0.2) is 71.2 Å². The zero-order chi connectivity index (χ0) is 31.3. The van der Waals surface area contributed by atoms with Crippen LogP contribution in [0.3, 0.4) is 0 Å². The fourth-order valence-corrected chi connectivity index (χ4v) is 6.15. The van der Waals surface area contributed by atoms with Crippen molar-refractivity contribution in [3.8, 4) is 17.3 Å². The Labute approximate surface area is 263 Å². The number of thiazole rings is 1. The van der Waals surface area contributed by atoms with E-state index < -0.39 is 5.91 Å². The Balaban J connectivity index is 1.76. The fraction of sp³-hybridized carbons (Fsp3) is 0.371. The van der Waals surface area contributed by atoms with Gasteiger partial charge in [0, 0.05) is 30.6 Å². The summed E-state index contributed by atoms with van der Waals surface area (Å²) in [6.45, 7) is 12.5. The molecular weight excluding hydrogens is 567 g/mol. The first kappa shape index (κ1) is 31.0. The monoisotopic (exact) mass is 605 g/mol. The van der Waals surface area contributed by atoms with Gasteiger partial charge >= 0.3 is 0 Å². The second-order valence-corrected chi connectivity index (χ2v) is 13.2. The molecule has 3 heterocycles. The zero-order valence-corrected chi connectivity index (χ0v) is 27.0. The second kappa shape index (κ2) is 13.5. The maximum atomic E-state index is 13.7. The lowest BCUT2D eigenvalue weighted by molar-refractivity contribution is 0.0943. The third-order valence-electron chi connectivity index (χ3n) is 7.31. The highest BCUT2D eigenvalue weighted by Crippen LogP contribution is 2.42. The number of hydrogen-bond donors (Lipinski definition) is 0. The Kier molecular flexibility index (Phi) is 9.50. The van der Waals surface area contributed by atoms with Crippen molar-refractivity contribution in [3.05, 3.63) is 83.4 Å². The molecule has 0 radical (unpaired) electrons. The summed E-state index contributed by atoms with van der Waals surface area (Å²) < 4.78 is 1.25. The minimum atomic E-state index is -0.494. The maximum absolute atomic E-state index is 13.7. The van der Waals surface area contributed by atoms with Crippen LogP contribution in [-0.2, 0) is 6.42 Å². The van der Waals surface area contributed by atoms with Crippen molar-refractivity contribution in [3.63, 3.8) is 0 Å². The Morgan fingerprint density at radius 3 is 2.11 bits per heavy atom. The summed E-state index contributed by atoms with van der Waals surface area (Å²) in [6.07, 6.45) is 4.90. The molecule has 5 rings (SSSR count). The highest BCUT2D eigenvalue weighted by atomic mass is 32.1. The van der Waals surface area contributed by atoms with Crippen LogP contribution in [0.25, 0.3) is 16.8 Å². The minimum absolute atomic E-state index is 0.00632. The largest absolute Gasteiger partial charge is 0.348 e. The molecular formula is C35H39N7OS. The summed E-state index contributed by atoms with van der Waals surface area (Å²) >= 11 is 1.53. The number of hydrogen-bond acceptors (Lipinski definition) is 8. The first-order chi connectivity index (χ1) is 21.2. The minimum Gasteiger partial charge on any atom is -0.348 e. The lowest BCUT2D eigenvalue weighted by Crippen LogP contribution is -2.28. The number of anilines is 1. The molecule has 2 aromatic heterocycles. The number of rotatable bonds is 11. The standard InChI is InChI=1S/C35H39N7OS/c1-6-8-20-41(21-9-7-2)34-39-29(25-18-14-11-15-19-25)32(44-34)38-30-28(24-16-12-10-13-17-24)26(23-36)33(43)42-31(30)37-27(40-42)22-35(3,4)5/h10-19H,6-9,20-22H2,1-5H3/b38-30-. The van der Waals surface area contributed by atoms with Crippen molar-refractivity contribution in [1.82, 2.24) is 19.7 Å². The number of nitrogens with zero attached hydrogens (tertiary/aromatic N) is 7. The topological polar surface area (TPSA) is 100 Å².